The molecular formula is C13H23N3O. The molecule has 0 aromatic carbocycles. The number of rotatable bonds is 7. The van der Waals surface area contributed by atoms with Gasteiger partial charge in [-0.05, 0) is 40.7 Å². The maximum atomic E-state index is 5.49. The van der Waals surface area contributed by atoms with Gasteiger partial charge in [-0.25, -0.2) is 0 Å². The van der Waals surface area contributed by atoms with Gasteiger partial charge in [-0.3, -0.25) is 9.97 Å². The second-order valence-electron chi connectivity index (χ2n) is 4.48. The van der Waals surface area contributed by atoms with Crippen LogP contribution in [-0.4, -0.2) is 29.2 Å². The van der Waals surface area contributed by atoms with Crippen LogP contribution in [0, 0.1) is 6.92 Å². The summed E-state index contributed by atoms with van der Waals surface area (Å²) < 4.78 is 5.49. The first-order chi connectivity index (χ1) is 8.11. The Hall–Kier alpha value is -1.00. The van der Waals surface area contributed by atoms with Gasteiger partial charge in [-0.15, -0.1) is 0 Å². The SMILES string of the molecule is Cc1nccnc1C(C)NCCCOC(C)C. The molecule has 0 saturated carbocycles. The molecule has 17 heavy (non-hydrogen) atoms. The van der Waals surface area contributed by atoms with Crippen LogP contribution in [0.15, 0.2) is 12.4 Å². The van der Waals surface area contributed by atoms with Gasteiger partial charge in [0, 0.05) is 25.0 Å². The van der Waals surface area contributed by atoms with E-state index in [2.05, 4.69) is 36.1 Å². The van der Waals surface area contributed by atoms with Crippen LogP contribution in [0.1, 0.15) is 44.6 Å². The van der Waals surface area contributed by atoms with Crippen molar-refractivity contribution in [1.82, 2.24) is 15.3 Å². The zero-order chi connectivity index (χ0) is 12.7. The van der Waals surface area contributed by atoms with E-state index in [1.54, 1.807) is 12.4 Å². The molecule has 1 aromatic heterocycles. The molecule has 96 valence electrons. The van der Waals surface area contributed by atoms with E-state index in [9.17, 15) is 0 Å². The fourth-order valence-electron chi connectivity index (χ4n) is 1.65. The monoisotopic (exact) mass is 237 g/mol. The number of nitrogens with zero attached hydrogens (tertiary/aromatic N) is 2. The summed E-state index contributed by atoms with van der Waals surface area (Å²) in [5, 5.41) is 3.43. The van der Waals surface area contributed by atoms with E-state index < -0.39 is 0 Å². The quantitative estimate of drug-likeness (QED) is 0.739. The normalized spacial score (nSPS) is 13.0. The summed E-state index contributed by atoms with van der Waals surface area (Å²) in [6, 6.07) is 0.239. The van der Waals surface area contributed by atoms with Crippen LogP contribution < -0.4 is 5.32 Å². The van der Waals surface area contributed by atoms with Crippen molar-refractivity contribution in [2.24, 2.45) is 0 Å². The summed E-state index contributed by atoms with van der Waals surface area (Å²) in [5.41, 5.74) is 2.02. The summed E-state index contributed by atoms with van der Waals surface area (Å²) in [6.07, 6.45) is 4.79. The van der Waals surface area contributed by atoms with Crippen LogP contribution in [0.2, 0.25) is 0 Å². The van der Waals surface area contributed by atoms with Crippen molar-refractivity contribution in [2.75, 3.05) is 13.2 Å². The zero-order valence-corrected chi connectivity index (χ0v) is 11.2. The minimum atomic E-state index is 0.239. The Bertz CT molecular complexity index is 328. The zero-order valence-electron chi connectivity index (χ0n) is 11.2. The Morgan fingerprint density at radius 3 is 2.59 bits per heavy atom. The summed E-state index contributed by atoms with van der Waals surface area (Å²) in [4.78, 5) is 8.59. The molecule has 1 unspecified atom stereocenters. The highest BCUT2D eigenvalue weighted by molar-refractivity contribution is 5.12. The first kappa shape index (κ1) is 14.1. The van der Waals surface area contributed by atoms with Gasteiger partial charge in [0.2, 0.25) is 0 Å². The Morgan fingerprint density at radius 1 is 1.24 bits per heavy atom. The topological polar surface area (TPSA) is 47.0 Å². The maximum absolute atomic E-state index is 5.49. The summed E-state index contributed by atoms with van der Waals surface area (Å²) in [7, 11) is 0. The predicted molar refractivity (Wildman–Crippen MR) is 68.9 cm³/mol. The Balaban J connectivity index is 2.26. The number of nitrogens with one attached hydrogen (secondary N) is 1. The third-order valence-corrected chi connectivity index (χ3v) is 2.55. The highest BCUT2D eigenvalue weighted by Gasteiger charge is 2.09. The lowest BCUT2D eigenvalue weighted by Gasteiger charge is -2.15. The molecule has 0 saturated heterocycles. The van der Waals surface area contributed by atoms with E-state index in [1.165, 1.54) is 0 Å². The van der Waals surface area contributed by atoms with Crippen molar-refractivity contribution < 1.29 is 4.74 Å². The smallest absolute Gasteiger partial charge is 0.0782 e. The Kier molecular flexibility index (Phi) is 6.08. The molecule has 0 aliphatic carbocycles. The fraction of sp³-hybridized carbons (Fsp3) is 0.692. The van der Waals surface area contributed by atoms with Gasteiger partial charge in [0.05, 0.1) is 17.5 Å². The second kappa shape index (κ2) is 7.35. The molecule has 0 amide bonds. The average molecular weight is 237 g/mol. The van der Waals surface area contributed by atoms with Crippen LogP contribution >= 0.6 is 0 Å². The lowest BCUT2D eigenvalue weighted by atomic mass is 10.2. The number of hydrogen-bond donors (Lipinski definition) is 1. The number of ether oxygens (including phenoxy) is 1. The first-order valence-electron chi connectivity index (χ1n) is 6.23. The summed E-state index contributed by atoms with van der Waals surface area (Å²) >= 11 is 0. The molecule has 1 N–H and O–H groups in total. The largest absolute Gasteiger partial charge is 0.379 e. The van der Waals surface area contributed by atoms with Gasteiger partial charge < -0.3 is 10.1 Å². The van der Waals surface area contributed by atoms with Crippen molar-refractivity contribution in [3.63, 3.8) is 0 Å². The van der Waals surface area contributed by atoms with Gasteiger partial charge in [0.25, 0.3) is 0 Å². The molecule has 4 nitrogen and oxygen atoms in total. The highest BCUT2D eigenvalue weighted by atomic mass is 16.5. The summed E-state index contributed by atoms with van der Waals surface area (Å²) in [5.74, 6) is 0. The van der Waals surface area contributed by atoms with E-state index in [0.29, 0.717) is 6.10 Å². The van der Waals surface area contributed by atoms with Gasteiger partial charge in [0.15, 0.2) is 0 Å². The highest BCUT2D eigenvalue weighted by Crippen LogP contribution is 2.11. The molecule has 1 aromatic rings. The van der Waals surface area contributed by atoms with Crippen LogP contribution in [0.4, 0.5) is 0 Å². The predicted octanol–water partition coefficient (Wildman–Crippen LogP) is 2.25. The Morgan fingerprint density at radius 2 is 1.94 bits per heavy atom. The van der Waals surface area contributed by atoms with Gasteiger partial charge in [-0.1, -0.05) is 0 Å². The molecule has 1 rings (SSSR count). The molecule has 0 bridgehead atoms. The van der Waals surface area contributed by atoms with Crippen LogP contribution in [0.3, 0.4) is 0 Å². The third kappa shape index (κ3) is 5.24. The van der Waals surface area contributed by atoms with E-state index in [1.807, 2.05) is 6.92 Å². The lowest BCUT2D eigenvalue weighted by Crippen LogP contribution is -2.23. The van der Waals surface area contributed by atoms with Gasteiger partial charge in [-0.2, -0.15) is 0 Å². The van der Waals surface area contributed by atoms with Crippen molar-refractivity contribution >= 4 is 0 Å². The first-order valence-corrected chi connectivity index (χ1v) is 6.23. The van der Waals surface area contributed by atoms with Crippen LogP contribution in [0.5, 0.6) is 0 Å². The second-order valence-corrected chi connectivity index (χ2v) is 4.48. The van der Waals surface area contributed by atoms with E-state index >= 15 is 0 Å². The Labute approximate surface area is 104 Å². The van der Waals surface area contributed by atoms with E-state index in [0.717, 1.165) is 31.0 Å². The molecule has 0 aliphatic heterocycles. The maximum Gasteiger partial charge on any atom is 0.0782 e. The number of aromatic nitrogens is 2. The summed E-state index contributed by atoms with van der Waals surface area (Å²) in [6.45, 7) is 9.95. The molecule has 1 atom stereocenters. The minimum absolute atomic E-state index is 0.239. The van der Waals surface area contributed by atoms with Gasteiger partial charge >= 0.3 is 0 Å². The fourth-order valence-corrected chi connectivity index (χ4v) is 1.65. The minimum Gasteiger partial charge on any atom is -0.379 e. The molecule has 0 spiro atoms. The third-order valence-electron chi connectivity index (χ3n) is 2.55. The van der Waals surface area contributed by atoms with Crippen molar-refractivity contribution in [3.8, 4) is 0 Å². The van der Waals surface area contributed by atoms with E-state index in [4.69, 9.17) is 4.74 Å². The van der Waals surface area contributed by atoms with Gasteiger partial charge in [0.1, 0.15) is 0 Å². The van der Waals surface area contributed by atoms with Crippen molar-refractivity contribution in [3.05, 3.63) is 23.8 Å². The van der Waals surface area contributed by atoms with Crippen molar-refractivity contribution in [2.45, 2.75) is 46.3 Å². The molecule has 1 heterocycles. The molecule has 0 aliphatic rings. The molecule has 0 fully saturated rings. The van der Waals surface area contributed by atoms with Crippen LogP contribution in [0.25, 0.3) is 0 Å². The van der Waals surface area contributed by atoms with Crippen molar-refractivity contribution in [1.29, 1.82) is 0 Å². The molecule has 4 heteroatoms. The number of hydrogen-bond acceptors (Lipinski definition) is 4. The standard InChI is InChI=1S/C13H23N3O/c1-10(2)17-9-5-6-14-11(3)13-12(4)15-7-8-16-13/h7-8,10-11,14H,5-6,9H2,1-4H3. The molecule has 0 radical (unpaired) electrons. The van der Waals surface area contributed by atoms with Crippen LogP contribution in [-0.2, 0) is 4.74 Å². The number of aryl methyl sites for hydroxylation is 1. The molecular weight excluding hydrogens is 214 g/mol. The van der Waals surface area contributed by atoms with E-state index in [-0.39, 0.29) is 6.04 Å². The lowest BCUT2D eigenvalue weighted by molar-refractivity contribution is 0.0767. The average Bonchev–Trinajstić information content (AvgIpc) is 2.28.